The van der Waals surface area contributed by atoms with Crippen LogP contribution in [0.1, 0.15) is 32.6 Å². The summed E-state index contributed by atoms with van der Waals surface area (Å²) in [6.07, 6.45) is 5.36. The highest BCUT2D eigenvalue weighted by molar-refractivity contribution is 6.30. The van der Waals surface area contributed by atoms with Crippen molar-refractivity contribution in [2.45, 2.75) is 20.0 Å². The van der Waals surface area contributed by atoms with Crippen molar-refractivity contribution in [2.75, 3.05) is 6.73 Å². The molecule has 0 saturated carbocycles. The molecule has 0 aliphatic carbocycles. The lowest BCUT2D eigenvalue weighted by atomic mass is 9.98. The van der Waals surface area contributed by atoms with Crippen LogP contribution in [0.2, 0.25) is 5.02 Å². The van der Waals surface area contributed by atoms with E-state index in [2.05, 4.69) is 9.88 Å². The van der Waals surface area contributed by atoms with Gasteiger partial charge < -0.3 is 9.47 Å². The van der Waals surface area contributed by atoms with Crippen LogP contribution in [0.5, 0.6) is 11.5 Å². The number of aromatic nitrogens is 1. The molecule has 3 heterocycles. The van der Waals surface area contributed by atoms with Gasteiger partial charge in [-0.3, -0.25) is 14.7 Å². The van der Waals surface area contributed by atoms with Gasteiger partial charge in [0.1, 0.15) is 18.2 Å². The summed E-state index contributed by atoms with van der Waals surface area (Å²) in [4.78, 5) is 19.4. The highest BCUT2D eigenvalue weighted by atomic mass is 35.5. The summed E-state index contributed by atoms with van der Waals surface area (Å²) in [7, 11) is 0. The molecule has 0 unspecified atom stereocenters. The van der Waals surface area contributed by atoms with Gasteiger partial charge in [0.25, 0.3) is 0 Å². The SMILES string of the molecule is Cc1cc2c(c3c1C(=O)/C(=C/c1ccc(Cl)cc1)O3)CN(Cc1cccnc1)CO2. The molecule has 2 aromatic carbocycles. The lowest BCUT2D eigenvalue weighted by molar-refractivity contribution is 0.0871. The van der Waals surface area contributed by atoms with E-state index in [9.17, 15) is 4.79 Å². The fourth-order valence-corrected chi connectivity index (χ4v) is 3.96. The summed E-state index contributed by atoms with van der Waals surface area (Å²) < 4.78 is 12.1. The van der Waals surface area contributed by atoms with E-state index < -0.39 is 0 Å². The van der Waals surface area contributed by atoms with Crippen LogP contribution in [0, 0.1) is 6.92 Å². The lowest BCUT2D eigenvalue weighted by Crippen LogP contribution is -2.31. The number of halogens is 1. The van der Waals surface area contributed by atoms with E-state index in [1.165, 1.54) is 0 Å². The van der Waals surface area contributed by atoms with E-state index in [0.29, 0.717) is 41.9 Å². The van der Waals surface area contributed by atoms with Crippen LogP contribution in [-0.4, -0.2) is 22.4 Å². The molecule has 2 aliphatic heterocycles. The first kappa shape index (κ1) is 18.9. The summed E-state index contributed by atoms with van der Waals surface area (Å²) in [5, 5.41) is 0.648. The van der Waals surface area contributed by atoms with Crippen LogP contribution in [0.15, 0.2) is 60.6 Å². The normalized spacial score (nSPS) is 16.7. The molecule has 0 amide bonds. The quantitative estimate of drug-likeness (QED) is 0.559. The Bertz CT molecular complexity index is 1160. The van der Waals surface area contributed by atoms with Crippen molar-refractivity contribution >= 4 is 23.5 Å². The van der Waals surface area contributed by atoms with E-state index in [-0.39, 0.29) is 5.78 Å². The number of rotatable bonds is 3. The lowest BCUT2D eigenvalue weighted by Gasteiger charge is -2.30. The Morgan fingerprint density at radius 2 is 2.07 bits per heavy atom. The Labute approximate surface area is 179 Å². The van der Waals surface area contributed by atoms with Gasteiger partial charge in [0.15, 0.2) is 5.76 Å². The van der Waals surface area contributed by atoms with Crippen molar-refractivity contribution in [3.8, 4) is 11.5 Å². The minimum atomic E-state index is -0.107. The van der Waals surface area contributed by atoms with Crippen molar-refractivity contribution in [1.29, 1.82) is 0 Å². The Morgan fingerprint density at radius 1 is 1.23 bits per heavy atom. The van der Waals surface area contributed by atoms with Crippen molar-refractivity contribution < 1.29 is 14.3 Å². The summed E-state index contributed by atoms with van der Waals surface area (Å²) >= 11 is 5.96. The highest BCUT2D eigenvalue weighted by Crippen LogP contribution is 2.44. The third kappa shape index (κ3) is 3.47. The zero-order chi connectivity index (χ0) is 20.7. The predicted octanol–water partition coefficient (Wildman–Crippen LogP) is 5.01. The summed E-state index contributed by atoms with van der Waals surface area (Å²) in [6, 6.07) is 13.2. The number of benzene rings is 2. The van der Waals surface area contributed by atoms with Gasteiger partial charge in [-0.1, -0.05) is 29.8 Å². The van der Waals surface area contributed by atoms with E-state index >= 15 is 0 Å². The predicted molar refractivity (Wildman–Crippen MR) is 115 cm³/mol. The van der Waals surface area contributed by atoms with Crippen LogP contribution in [0.3, 0.4) is 0 Å². The van der Waals surface area contributed by atoms with Crippen LogP contribution in [-0.2, 0) is 13.1 Å². The molecule has 0 saturated heterocycles. The molecule has 6 heteroatoms. The van der Waals surface area contributed by atoms with Gasteiger partial charge >= 0.3 is 0 Å². The molecule has 1 aromatic heterocycles. The van der Waals surface area contributed by atoms with Crippen LogP contribution >= 0.6 is 11.6 Å². The Hall–Kier alpha value is -3.15. The summed E-state index contributed by atoms with van der Waals surface area (Å²) in [5.74, 6) is 1.58. The fourth-order valence-electron chi connectivity index (χ4n) is 3.84. The number of aryl methyl sites for hydroxylation is 1. The number of pyridine rings is 1. The first-order chi connectivity index (χ1) is 14.6. The second-order valence-corrected chi connectivity index (χ2v) is 7.92. The molecule has 0 atom stereocenters. The fraction of sp³-hybridized carbons (Fsp3) is 0.167. The molecule has 5 nitrogen and oxygen atoms in total. The average molecular weight is 419 g/mol. The average Bonchev–Trinajstić information content (AvgIpc) is 3.08. The largest absolute Gasteiger partial charge is 0.478 e. The maximum Gasteiger partial charge on any atom is 0.232 e. The molecule has 0 bridgehead atoms. The number of hydrogen-bond donors (Lipinski definition) is 0. The molecule has 0 spiro atoms. The van der Waals surface area contributed by atoms with Crippen LogP contribution < -0.4 is 9.47 Å². The molecule has 2 aliphatic rings. The molecule has 30 heavy (non-hydrogen) atoms. The molecular weight excluding hydrogens is 400 g/mol. The Balaban J connectivity index is 1.47. The van der Waals surface area contributed by atoms with Crippen molar-refractivity contribution in [3.05, 3.63) is 93.5 Å². The van der Waals surface area contributed by atoms with Gasteiger partial charge in [-0.15, -0.1) is 0 Å². The number of carbonyl (C=O) groups is 1. The zero-order valence-corrected chi connectivity index (χ0v) is 17.1. The molecule has 5 rings (SSSR count). The maximum absolute atomic E-state index is 13.1. The van der Waals surface area contributed by atoms with Crippen LogP contribution in [0.4, 0.5) is 0 Å². The third-order valence-corrected chi connectivity index (χ3v) is 5.54. The van der Waals surface area contributed by atoms with E-state index in [1.54, 1.807) is 24.4 Å². The van der Waals surface area contributed by atoms with E-state index in [0.717, 1.165) is 28.0 Å². The first-order valence-electron chi connectivity index (χ1n) is 9.69. The van der Waals surface area contributed by atoms with E-state index in [4.69, 9.17) is 21.1 Å². The Kier molecular flexibility index (Phi) is 4.77. The number of ether oxygens (including phenoxy) is 2. The van der Waals surface area contributed by atoms with Gasteiger partial charge in [0, 0.05) is 30.5 Å². The van der Waals surface area contributed by atoms with Gasteiger partial charge in [0.2, 0.25) is 5.78 Å². The van der Waals surface area contributed by atoms with Crippen LogP contribution in [0.25, 0.3) is 6.08 Å². The molecule has 0 radical (unpaired) electrons. The molecule has 3 aromatic rings. The monoisotopic (exact) mass is 418 g/mol. The van der Waals surface area contributed by atoms with Gasteiger partial charge in [-0.2, -0.15) is 0 Å². The van der Waals surface area contributed by atoms with Crippen molar-refractivity contribution in [2.24, 2.45) is 0 Å². The maximum atomic E-state index is 13.1. The number of fused-ring (bicyclic) bond motifs is 3. The molecule has 0 N–H and O–H groups in total. The number of hydrogen-bond acceptors (Lipinski definition) is 5. The number of allylic oxidation sites excluding steroid dienone is 1. The first-order valence-corrected chi connectivity index (χ1v) is 10.1. The number of Topliss-reactive ketones (excluding diaryl/α,β-unsaturated/α-hetero) is 1. The number of carbonyl (C=O) groups excluding carboxylic acids is 1. The minimum absolute atomic E-state index is 0.107. The standard InChI is InChI=1S/C24H19ClN2O3/c1-15-9-20-19(13-27(14-29-20)12-17-3-2-8-26-11-17)24-22(15)23(28)21(30-24)10-16-4-6-18(25)7-5-16/h2-11H,12-14H2,1H3/b21-10-. The highest BCUT2D eigenvalue weighted by Gasteiger charge is 2.35. The van der Waals surface area contributed by atoms with E-state index in [1.807, 2.05) is 43.5 Å². The van der Waals surface area contributed by atoms with Crippen molar-refractivity contribution in [3.63, 3.8) is 0 Å². The van der Waals surface area contributed by atoms with Gasteiger partial charge in [-0.05, 0) is 54.0 Å². The topological polar surface area (TPSA) is 51.7 Å². The molecule has 150 valence electrons. The third-order valence-electron chi connectivity index (χ3n) is 5.28. The minimum Gasteiger partial charge on any atom is -0.478 e. The summed E-state index contributed by atoms with van der Waals surface area (Å²) in [6.45, 7) is 3.73. The van der Waals surface area contributed by atoms with Gasteiger partial charge in [-0.25, -0.2) is 0 Å². The number of ketones is 1. The number of nitrogens with zero attached hydrogens (tertiary/aromatic N) is 2. The van der Waals surface area contributed by atoms with Gasteiger partial charge in [0.05, 0.1) is 11.1 Å². The second-order valence-electron chi connectivity index (χ2n) is 7.49. The second kappa shape index (κ2) is 7.59. The smallest absolute Gasteiger partial charge is 0.232 e. The zero-order valence-electron chi connectivity index (χ0n) is 16.4. The Morgan fingerprint density at radius 3 is 2.83 bits per heavy atom. The molecule has 0 fully saturated rings. The van der Waals surface area contributed by atoms with Crippen molar-refractivity contribution in [1.82, 2.24) is 9.88 Å². The molecular formula is C24H19ClN2O3. The summed E-state index contributed by atoms with van der Waals surface area (Å²) in [5.41, 5.74) is 4.33.